The predicted octanol–water partition coefficient (Wildman–Crippen LogP) is 2.90. The second-order valence-electron chi connectivity index (χ2n) is 5.46. The van der Waals surface area contributed by atoms with E-state index < -0.39 is 17.9 Å². The highest BCUT2D eigenvalue weighted by Crippen LogP contribution is 2.24. The molecule has 2 unspecified atom stereocenters. The Hall–Kier alpha value is -2.11. The summed E-state index contributed by atoms with van der Waals surface area (Å²) >= 11 is 0. The molecule has 0 aromatic heterocycles. The molecule has 1 fully saturated rings. The van der Waals surface area contributed by atoms with Crippen molar-refractivity contribution < 1.29 is 19.1 Å². The van der Waals surface area contributed by atoms with Gasteiger partial charge in [-0.15, -0.1) is 0 Å². The topological polar surface area (TPSA) is 78.4 Å². The van der Waals surface area contributed by atoms with Gasteiger partial charge in [0.1, 0.15) is 5.82 Å². The van der Waals surface area contributed by atoms with Crippen molar-refractivity contribution in [2.75, 3.05) is 5.32 Å². The maximum atomic E-state index is 13.1. The number of anilines is 1. The van der Waals surface area contributed by atoms with E-state index in [0.29, 0.717) is 24.1 Å². The van der Waals surface area contributed by atoms with Gasteiger partial charge in [0.2, 0.25) is 0 Å². The van der Waals surface area contributed by atoms with Crippen LogP contribution in [0.15, 0.2) is 18.2 Å². The average molecular weight is 294 g/mol. The van der Waals surface area contributed by atoms with Crippen LogP contribution in [0.1, 0.15) is 31.2 Å². The molecule has 2 amide bonds. The molecule has 1 aromatic carbocycles. The van der Waals surface area contributed by atoms with Crippen molar-refractivity contribution in [1.29, 1.82) is 0 Å². The Kier molecular flexibility index (Phi) is 4.77. The lowest BCUT2D eigenvalue weighted by atomic mass is 9.86. The van der Waals surface area contributed by atoms with Crippen molar-refractivity contribution >= 4 is 17.7 Å². The third kappa shape index (κ3) is 4.18. The molecule has 114 valence electrons. The molecule has 1 aliphatic rings. The number of carboxylic acids is 1. The van der Waals surface area contributed by atoms with Crippen LogP contribution in [0.5, 0.6) is 0 Å². The van der Waals surface area contributed by atoms with E-state index in [0.717, 1.165) is 12.8 Å². The minimum atomic E-state index is -0.809. The van der Waals surface area contributed by atoms with Crippen LogP contribution >= 0.6 is 0 Å². The van der Waals surface area contributed by atoms with Crippen molar-refractivity contribution in [1.82, 2.24) is 5.32 Å². The van der Waals surface area contributed by atoms with Crippen LogP contribution in [0.4, 0.5) is 14.9 Å². The van der Waals surface area contributed by atoms with Gasteiger partial charge in [-0.2, -0.15) is 0 Å². The molecular weight excluding hydrogens is 275 g/mol. The van der Waals surface area contributed by atoms with Crippen molar-refractivity contribution in [2.45, 2.75) is 38.6 Å². The summed E-state index contributed by atoms with van der Waals surface area (Å²) in [7, 11) is 0. The standard InChI is InChI=1S/C15H19FN2O3/c1-9-7-12(5-6-13(9)16)18-15(21)17-11-4-2-3-10(8-11)14(19)20/h5-7,10-11H,2-4,8H2,1H3,(H,19,20)(H2,17,18,21). The monoisotopic (exact) mass is 294 g/mol. The van der Waals surface area contributed by atoms with Crippen LogP contribution < -0.4 is 10.6 Å². The zero-order valence-corrected chi connectivity index (χ0v) is 11.9. The third-order valence-corrected chi connectivity index (χ3v) is 3.77. The van der Waals surface area contributed by atoms with E-state index in [1.54, 1.807) is 13.0 Å². The van der Waals surface area contributed by atoms with Crippen LogP contribution in [0, 0.1) is 18.7 Å². The van der Waals surface area contributed by atoms with Gasteiger partial charge in [-0.25, -0.2) is 9.18 Å². The summed E-state index contributed by atoms with van der Waals surface area (Å²) < 4.78 is 13.1. The fourth-order valence-corrected chi connectivity index (χ4v) is 2.62. The highest BCUT2D eigenvalue weighted by molar-refractivity contribution is 5.89. The first-order chi connectivity index (χ1) is 9.95. The molecule has 6 heteroatoms. The van der Waals surface area contributed by atoms with Crippen LogP contribution in [0.25, 0.3) is 0 Å². The van der Waals surface area contributed by atoms with Gasteiger partial charge >= 0.3 is 12.0 Å². The first-order valence-electron chi connectivity index (χ1n) is 7.02. The van der Waals surface area contributed by atoms with Crippen LogP contribution in [0.2, 0.25) is 0 Å². The molecule has 0 aliphatic heterocycles. The number of aryl methyl sites for hydroxylation is 1. The van der Waals surface area contributed by atoms with E-state index in [-0.39, 0.29) is 11.9 Å². The Balaban J connectivity index is 1.89. The Morgan fingerprint density at radius 3 is 2.76 bits per heavy atom. The quantitative estimate of drug-likeness (QED) is 0.802. The normalized spacial score (nSPS) is 21.6. The molecule has 0 bridgehead atoms. The SMILES string of the molecule is Cc1cc(NC(=O)NC2CCCC(C(=O)O)C2)ccc1F. The second kappa shape index (κ2) is 6.56. The summed E-state index contributed by atoms with van der Waals surface area (Å²) in [4.78, 5) is 22.9. The molecule has 1 saturated carbocycles. The number of halogens is 1. The molecular formula is C15H19FN2O3. The van der Waals surface area contributed by atoms with Crippen molar-refractivity contribution in [3.63, 3.8) is 0 Å². The Morgan fingerprint density at radius 2 is 2.10 bits per heavy atom. The molecule has 21 heavy (non-hydrogen) atoms. The smallest absolute Gasteiger partial charge is 0.319 e. The van der Waals surface area contributed by atoms with Gasteiger partial charge < -0.3 is 15.7 Å². The van der Waals surface area contributed by atoms with E-state index in [4.69, 9.17) is 5.11 Å². The van der Waals surface area contributed by atoms with Gasteiger partial charge in [0, 0.05) is 11.7 Å². The van der Waals surface area contributed by atoms with E-state index in [1.165, 1.54) is 12.1 Å². The summed E-state index contributed by atoms with van der Waals surface area (Å²) in [6.07, 6.45) is 2.68. The maximum absolute atomic E-state index is 13.1. The van der Waals surface area contributed by atoms with Crippen molar-refractivity contribution in [3.8, 4) is 0 Å². The zero-order valence-electron chi connectivity index (χ0n) is 11.9. The molecule has 2 atom stereocenters. The first-order valence-corrected chi connectivity index (χ1v) is 7.02. The maximum Gasteiger partial charge on any atom is 0.319 e. The van der Waals surface area contributed by atoms with Gasteiger partial charge in [0.25, 0.3) is 0 Å². The largest absolute Gasteiger partial charge is 0.481 e. The Labute approximate surface area is 122 Å². The summed E-state index contributed by atoms with van der Waals surface area (Å²) in [5.74, 6) is -1.52. The molecule has 1 aliphatic carbocycles. The summed E-state index contributed by atoms with van der Waals surface area (Å²) in [5, 5.41) is 14.4. The number of hydrogen-bond donors (Lipinski definition) is 3. The van der Waals surface area contributed by atoms with E-state index in [1.807, 2.05) is 0 Å². The lowest BCUT2D eigenvalue weighted by Crippen LogP contribution is -2.42. The number of carbonyl (C=O) groups is 2. The molecule has 0 saturated heterocycles. The first kappa shape index (κ1) is 15.3. The number of carboxylic acid groups (broad SMARTS) is 1. The predicted molar refractivity (Wildman–Crippen MR) is 76.7 cm³/mol. The minimum Gasteiger partial charge on any atom is -0.481 e. The summed E-state index contributed by atoms with van der Waals surface area (Å²) in [5.41, 5.74) is 0.966. The van der Waals surface area contributed by atoms with Gasteiger partial charge in [0.15, 0.2) is 0 Å². The highest BCUT2D eigenvalue weighted by atomic mass is 19.1. The Morgan fingerprint density at radius 1 is 1.33 bits per heavy atom. The molecule has 2 rings (SSSR count). The number of nitrogens with one attached hydrogen (secondary N) is 2. The Bertz CT molecular complexity index is 548. The third-order valence-electron chi connectivity index (χ3n) is 3.77. The lowest BCUT2D eigenvalue weighted by Gasteiger charge is -2.27. The highest BCUT2D eigenvalue weighted by Gasteiger charge is 2.27. The molecule has 3 N–H and O–H groups in total. The molecule has 5 nitrogen and oxygen atoms in total. The second-order valence-corrected chi connectivity index (χ2v) is 5.46. The van der Waals surface area contributed by atoms with Crippen LogP contribution in [-0.2, 0) is 4.79 Å². The van der Waals surface area contributed by atoms with Crippen molar-refractivity contribution in [2.24, 2.45) is 5.92 Å². The van der Waals surface area contributed by atoms with Gasteiger partial charge in [0.05, 0.1) is 5.92 Å². The summed E-state index contributed by atoms with van der Waals surface area (Å²) in [6.45, 7) is 1.62. The minimum absolute atomic E-state index is 0.138. The number of amides is 2. The van der Waals surface area contributed by atoms with E-state index in [2.05, 4.69) is 10.6 Å². The van der Waals surface area contributed by atoms with Crippen LogP contribution in [0.3, 0.4) is 0 Å². The number of hydrogen-bond acceptors (Lipinski definition) is 2. The number of aliphatic carboxylic acids is 1. The molecule has 1 aromatic rings. The fourth-order valence-electron chi connectivity index (χ4n) is 2.62. The summed E-state index contributed by atoms with van der Waals surface area (Å²) in [6, 6.07) is 3.81. The lowest BCUT2D eigenvalue weighted by molar-refractivity contribution is -0.143. The number of carbonyl (C=O) groups excluding carboxylic acids is 1. The van der Waals surface area contributed by atoms with E-state index in [9.17, 15) is 14.0 Å². The van der Waals surface area contributed by atoms with Gasteiger partial charge in [-0.05, 0) is 49.9 Å². The van der Waals surface area contributed by atoms with Crippen LogP contribution in [-0.4, -0.2) is 23.1 Å². The van der Waals surface area contributed by atoms with Gasteiger partial charge in [-0.3, -0.25) is 4.79 Å². The zero-order chi connectivity index (χ0) is 15.4. The molecule has 0 heterocycles. The average Bonchev–Trinajstić information content (AvgIpc) is 2.43. The number of benzene rings is 1. The van der Waals surface area contributed by atoms with E-state index >= 15 is 0 Å². The molecule has 0 radical (unpaired) electrons. The molecule has 0 spiro atoms. The fraction of sp³-hybridized carbons (Fsp3) is 0.467. The number of urea groups is 1. The number of rotatable bonds is 3. The van der Waals surface area contributed by atoms with Crippen molar-refractivity contribution in [3.05, 3.63) is 29.6 Å². The van der Waals surface area contributed by atoms with Gasteiger partial charge in [-0.1, -0.05) is 6.42 Å².